The first-order valence-corrected chi connectivity index (χ1v) is 33.4. The molecule has 30 nitrogen and oxygen atoms in total. The van der Waals surface area contributed by atoms with E-state index in [0.717, 1.165) is 37.7 Å². The van der Waals surface area contributed by atoms with Crippen molar-refractivity contribution in [3.05, 3.63) is 22.8 Å². The van der Waals surface area contributed by atoms with Gasteiger partial charge in [0.2, 0.25) is 0 Å². The zero-order valence-corrected chi connectivity index (χ0v) is 54.4. The summed E-state index contributed by atoms with van der Waals surface area (Å²) in [7, 11) is 0. The molecule has 2 saturated carbocycles. The molecule has 0 aromatic carbocycles. The molecule has 17 N–H and O–H groups in total. The molecule has 0 spiro atoms. The van der Waals surface area contributed by atoms with Gasteiger partial charge in [-0.2, -0.15) is 0 Å². The predicted molar refractivity (Wildman–Crippen MR) is 317 cm³/mol. The van der Waals surface area contributed by atoms with Crippen LogP contribution in [0.1, 0.15) is 119 Å². The minimum absolute atomic E-state index is 0.0383. The quantitative estimate of drug-likeness (QED) is 0.0503. The van der Waals surface area contributed by atoms with E-state index in [0.29, 0.717) is 38.0 Å². The number of ether oxygens (including phenoxy) is 12. The van der Waals surface area contributed by atoms with Crippen LogP contribution in [0.15, 0.2) is 22.8 Å². The van der Waals surface area contributed by atoms with Crippen LogP contribution in [0.25, 0.3) is 0 Å². The van der Waals surface area contributed by atoms with Crippen LogP contribution in [-0.4, -0.2) is 304 Å². The number of hydrogen-bond acceptors (Lipinski definition) is 29. The average Bonchev–Trinajstić information content (AvgIpc) is 1.39. The molecular formula is C64H104O30. The third kappa shape index (κ3) is 13.7. The second-order valence-corrected chi connectivity index (χ2v) is 29.3. The van der Waals surface area contributed by atoms with E-state index in [1.54, 1.807) is 0 Å². The van der Waals surface area contributed by atoms with Crippen molar-refractivity contribution in [1.82, 2.24) is 0 Å². The highest BCUT2D eigenvalue weighted by Crippen LogP contribution is 2.73. The van der Waals surface area contributed by atoms with E-state index < -0.39 is 239 Å². The fourth-order valence-corrected chi connectivity index (χ4v) is 17.9. The number of carboxylic acid groups (broad SMARTS) is 1. The predicted octanol–water partition coefficient (Wildman–Crippen LogP) is -3.20. The summed E-state index contributed by atoms with van der Waals surface area (Å²) in [6.45, 7) is 10.7. The van der Waals surface area contributed by atoms with Gasteiger partial charge in [0.05, 0.1) is 63.4 Å². The molecule has 30 heteroatoms. The molecule has 34 unspecified atom stereocenters. The van der Waals surface area contributed by atoms with Crippen LogP contribution in [0.2, 0.25) is 0 Å². The van der Waals surface area contributed by atoms with Gasteiger partial charge in [-0.15, -0.1) is 0 Å². The summed E-state index contributed by atoms with van der Waals surface area (Å²) < 4.78 is 72.8. The van der Waals surface area contributed by atoms with Crippen molar-refractivity contribution < 1.29 is 148 Å². The highest BCUT2D eigenvalue weighted by Gasteiger charge is 2.69. The molecule has 0 radical (unpaired) electrons. The Hall–Kier alpha value is -2.17. The summed E-state index contributed by atoms with van der Waals surface area (Å²) >= 11 is 0. The van der Waals surface area contributed by atoms with Crippen molar-refractivity contribution >= 4 is 5.97 Å². The first kappa shape index (κ1) is 74.5. The molecule has 540 valence electrons. The lowest BCUT2D eigenvalue weighted by molar-refractivity contribution is -0.396. The lowest BCUT2D eigenvalue weighted by atomic mass is 9.43. The minimum Gasteiger partial charge on any atom is -0.481 e. The highest BCUT2D eigenvalue weighted by molar-refractivity contribution is 5.82. The third-order valence-electron chi connectivity index (χ3n) is 23.2. The molecule has 8 fully saturated rings. The van der Waals surface area contributed by atoms with Gasteiger partial charge in [0, 0.05) is 6.42 Å². The van der Waals surface area contributed by atoms with Crippen LogP contribution in [0.5, 0.6) is 0 Å². The lowest BCUT2D eigenvalue weighted by Gasteiger charge is -2.62. The summed E-state index contributed by atoms with van der Waals surface area (Å²) in [6.07, 6.45) is -39.2. The molecule has 0 bridgehead atoms. The molecule has 0 aromatic heterocycles. The van der Waals surface area contributed by atoms with Gasteiger partial charge in [-0.05, 0) is 112 Å². The number of rotatable bonds is 21. The molecule has 94 heavy (non-hydrogen) atoms. The largest absolute Gasteiger partial charge is 0.481 e. The molecule has 10 aliphatic rings. The fraction of sp³-hybridized carbons (Fsp3) is 0.922. The lowest BCUT2D eigenvalue weighted by Crippen LogP contribution is -2.67. The maximum absolute atomic E-state index is 14.0. The molecule has 10 rings (SSSR count). The topological polar surface area (TPSA) is 472 Å². The van der Waals surface area contributed by atoms with E-state index in [-0.39, 0.29) is 18.3 Å². The molecule has 6 aliphatic heterocycles. The summed E-state index contributed by atoms with van der Waals surface area (Å²) in [5, 5.41) is 186. The standard InChI is InChI=1S/C64H104O30/c1-26(2)9-8-10-27(3)29-14-18-64(60(81)82)31-11-12-38-61(4,5)39(15-16-62(38,6)30(31)13-17-63(29,64)7)90-58-53(94-57-48(79)44(75)41(72)35(21-66)87-57)50(33(70)25-84-58)91-55-43(74)34(19-28(20-65)85-55)86-56-49(80)46(77)51(37(23-68)89-56)92-59-52(45(76)42(73)36(22-67)88-59)93-54-47(78)40(71)32(69)24-83-54/h9,27-29,32-59,65-80H,8,10-25H2,1-7H3,(H,81,82). The number of aliphatic hydroxyl groups is 16. The van der Waals surface area contributed by atoms with Gasteiger partial charge in [0.1, 0.15) is 116 Å². The maximum Gasteiger partial charge on any atom is 0.314 e. The van der Waals surface area contributed by atoms with Crippen LogP contribution in [0.3, 0.4) is 0 Å². The number of hydrogen-bond donors (Lipinski definition) is 17. The number of carboxylic acids is 1. The molecular weight excluding hydrogens is 1250 g/mol. The normalized spacial score (nSPS) is 50.1. The molecule has 6 heterocycles. The van der Waals surface area contributed by atoms with Crippen molar-refractivity contribution in [3.8, 4) is 0 Å². The van der Waals surface area contributed by atoms with Gasteiger partial charge >= 0.3 is 5.97 Å². The van der Waals surface area contributed by atoms with Crippen molar-refractivity contribution in [3.63, 3.8) is 0 Å². The minimum atomic E-state index is -2.11. The van der Waals surface area contributed by atoms with Gasteiger partial charge < -0.3 is 144 Å². The van der Waals surface area contributed by atoms with Gasteiger partial charge in [-0.3, -0.25) is 4.79 Å². The maximum atomic E-state index is 14.0. The summed E-state index contributed by atoms with van der Waals surface area (Å²) in [5.41, 5.74) is 1.03. The van der Waals surface area contributed by atoms with E-state index in [1.807, 2.05) is 0 Å². The molecule has 6 saturated heterocycles. The first-order chi connectivity index (χ1) is 44.4. The Morgan fingerprint density at radius 2 is 1.10 bits per heavy atom. The summed E-state index contributed by atoms with van der Waals surface area (Å²) in [6, 6.07) is 0. The summed E-state index contributed by atoms with van der Waals surface area (Å²) in [4.78, 5) is 14.0. The first-order valence-electron chi connectivity index (χ1n) is 33.4. The van der Waals surface area contributed by atoms with Crippen molar-refractivity contribution in [1.29, 1.82) is 0 Å². The number of fused-ring (bicyclic) bond motifs is 4. The number of carbonyl (C=O) groups is 1. The van der Waals surface area contributed by atoms with Gasteiger partial charge in [-0.25, -0.2) is 0 Å². The monoisotopic (exact) mass is 1350 g/mol. The van der Waals surface area contributed by atoms with Crippen molar-refractivity contribution in [2.45, 2.75) is 291 Å². The Morgan fingerprint density at radius 3 is 1.76 bits per heavy atom. The highest BCUT2D eigenvalue weighted by atomic mass is 16.8. The van der Waals surface area contributed by atoms with E-state index in [1.165, 1.54) is 11.1 Å². The SMILES string of the molecule is CC(C)=CCCC(C)C1CCC2(C(=O)O)C3=C(CCC12C)C1(C)CCC(OC2OCC(O)C(OC4OC(CO)CC(OC5OC(CO)C(OC6OC(CO)C(O)C(O)C6OC6OCC(O)C(O)C6O)C(O)C5O)C4O)C2OC2OC(CO)C(O)C(O)C2O)C(C)(C)C1CC3. The van der Waals surface area contributed by atoms with Gasteiger partial charge in [-0.1, -0.05) is 57.4 Å². The third-order valence-corrected chi connectivity index (χ3v) is 23.2. The second kappa shape index (κ2) is 29.8. The Bertz CT molecular complexity index is 2590. The molecule has 4 aliphatic carbocycles. The second-order valence-electron chi connectivity index (χ2n) is 29.3. The Morgan fingerprint density at radius 1 is 0.532 bits per heavy atom. The van der Waals surface area contributed by atoms with E-state index in [4.69, 9.17) is 56.8 Å². The molecule has 0 aromatic rings. The van der Waals surface area contributed by atoms with Crippen LogP contribution >= 0.6 is 0 Å². The van der Waals surface area contributed by atoms with E-state index >= 15 is 0 Å². The molecule has 34 atom stereocenters. The fourth-order valence-electron chi connectivity index (χ4n) is 17.9. The van der Waals surface area contributed by atoms with Crippen LogP contribution in [-0.2, 0) is 61.6 Å². The van der Waals surface area contributed by atoms with E-state index in [2.05, 4.69) is 54.5 Å². The zero-order valence-electron chi connectivity index (χ0n) is 54.4. The smallest absolute Gasteiger partial charge is 0.314 e. The van der Waals surface area contributed by atoms with Gasteiger partial charge in [0.25, 0.3) is 0 Å². The number of aliphatic carboxylic acids is 1. The van der Waals surface area contributed by atoms with E-state index in [9.17, 15) is 91.6 Å². The Balaban J connectivity index is 0.871. The Labute approximate surface area is 545 Å². The van der Waals surface area contributed by atoms with Gasteiger partial charge in [0.15, 0.2) is 37.7 Å². The van der Waals surface area contributed by atoms with Crippen LogP contribution < -0.4 is 0 Å². The zero-order chi connectivity index (χ0) is 68.4. The van der Waals surface area contributed by atoms with Crippen LogP contribution in [0, 0.1) is 39.4 Å². The van der Waals surface area contributed by atoms with Crippen molar-refractivity contribution in [2.75, 3.05) is 39.6 Å². The van der Waals surface area contributed by atoms with Crippen LogP contribution in [0.4, 0.5) is 0 Å². The average molecular weight is 1350 g/mol. The molecule has 0 amide bonds. The Kier molecular flexibility index (Phi) is 23.6. The number of aliphatic hydroxyl groups excluding tert-OH is 16. The summed E-state index contributed by atoms with van der Waals surface area (Å²) in [5.74, 6) is -0.224. The van der Waals surface area contributed by atoms with Crippen molar-refractivity contribution in [2.24, 2.45) is 39.4 Å². The number of allylic oxidation sites excluding steroid dienone is 3.